The van der Waals surface area contributed by atoms with Gasteiger partial charge in [-0.25, -0.2) is 4.98 Å². The van der Waals surface area contributed by atoms with E-state index in [-0.39, 0.29) is 5.91 Å². The number of rotatable bonds is 5. The van der Waals surface area contributed by atoms with Gasteiger partial charge in [-0.05, 0) is 45.0 Å². The molecule has 164 valence electrons. The average molecular weight is 517 g/mol. The van der Waals surface area contributed by atoms with Crippen LogP contribution in [0, 0.1) is 3.82 Å². The number of ether oxygens (including phenoxy) is 1. The van der Waals surface area contributed by atoms with Gasteiger partial charge in [0.05, 0.1) is 38.7 Å². The molecule has 0 fully saturated rings. The third-order valence-electron chi connectivity index (χ3n) is 5.38. The van der Waals surface area contributed by atoms with Crippen LogP contribution < -0.4 is 9.64 Å². The number of carbonyl (C=O) groups is 1. The van der Waals surface area contributed by atoms with Gasteiger partial charge in [-0.2, -0.15) is 0 Å². The molecule has 1 aliphatic rings. The smallest absolute Gasteiger partial charge is 0.238 e. The molecule has 2 aromatic carbocycles. The average Bonchev–Trinajstić information content (AvgIpc) is 3.36. The van der Waals surface area contributed by atoms with E-state index in [4.69, 9.17) is 17.0 Å². The van der Waals surface area contributed by atoms with Gasteiger partial charge < -0.3 is 9.64 Å². The monoisotopic (exact) mass is 516 g/mol. The zero-order chi connectivity index (χ0) is 22.5. The predicted molar refractivity (Wildman–Crippen MR) is 140 cm³/mol. The zero-order valence-corrected chi connectivity index (χ0v) is 21.8. The van der Waals surface area contributed by atoms with Crippen molar-refractivity contribution in [3.05, 3.63) is 51.2 Å². The Bertz CT molecular complexity index is 1350. The minimum Gasteiger partial charge on any atom is -0.494 e. The van der Waals surface area contributed by atoms with Gasteiger partial charge >= 0.3 is 0 Å². The van der Waals surface area contributed by atoms with E-state index >= 15 is 0 Å². The molecule has 0 atom stereocenters. The summed E-state index contributed by atoms with van der Waals surface area (Å²) in [5.41, 5.74) is 3.42. The van der Waals surface area contributed by atoms with E-state index in [9.17, 15) is 4.79 Å². The molecule has 0 unspecified atom stereocenters. The van der Waals surface area contributed by atoms with Crippen molar-refractivity contribution < 1.29 is 9.53 Å². The van der Waals surface area contributed by atoms with Gasteiger partial charge in [0.15, 0.2) is 4.34 Å². The third kappa shape index (κ3) is 3.70. The van der Waals surface area contributed by atoms with Gasteiger partial charge in [0.1, 0.15) is 9.57 Å². The van der Waals surface area contributed by atoms with Crippen LogP contribution >= 0.6 is 56.0 Å². The van der Waals surface area contributed by atoms with Gasteiger partial charge in [0, 0.05) is 17.2 Å². The molecule has 9 heteroatoms. The van der Waals surface area contributed by atoms with E-state index in [1.807, 2.05) is 48.2 Å². The van der Waals surface area contributed by atoms with Gasteiger partial charge in [-0.1, -0.05) is 56.8 Å². The number of nitrogens with zero attached hydrogens (tertiary/aromatic N) is 2. The largest absolute Gasteiger partial charge is 0.494 e. The standard InChI is InChI=1S/C23H20N2O2S5/c1-4-27-13-9-10-14-16(11-13)25(23(2,3)20-19(14)21(28)32-31-20)18(26)12-29-22-24-15-7-5-6-8-17(15)30-22/h5-11H,4,12H2,1-3H3. The lowest BCUT2D eigenvalue weighted by molar-refractivity contribution is -0.117. The highest BCUT2D eigenvalue weighted by Gasteiger charge is 2.43. The van der Waals surface area contributed by atoms with Gasteiger partial charge in [-0.15, -0.1) is 11.3 Å². The molecule has 0 spiro atoms. The fourth-order valence-corrected chi connectivity index (χ4v) is 9.21. The van der Waals surface area contributed by atoms with Crippen LogP contribution in [0.5, 0.6) is 5.75 Å². The van der Waals surface area contributed by atoms with Crippen molar-refractivity contribution >= 4 is 77.8 Å². The molecule has 2 aromatic heterocycles. The van der Waals surface area contributed by atoms with E-state index in [0.717, 1.165) is 45.8 Å². The van der Waals surface area contributed by atoms with Crippen molar-refractivity contribution in [3.63, 3.8) is 0 Å². The molecule has 0 saturated heterocycles. The molecule has 5 rings (SSSR count). The maximum atomic E-state index is 13.7. The molecule has 0 saturated carbocycles. The summed E-state index contributed by atoms with van der Waals surface area (Å²) in [5.74, 6) is 1.11. The van der Waals surface area contributed by atoms with Crippen molar-refractivity contribution in [2.75, 3.05) is 17.3 Å². The minimum atomic E-state index is -0.503. The van der Waals surface area contributed by atoms with Crippen molar-refractivity contribution in [2.45, 2.75) is 30.6 Å². The Balaban J connectivity index is 1.52. The molecule has 32 heavy (non-hydrogen) atoms. The van der Waals surface area contributed by atoms with Crippen LogP contribution in [0.1, 0.15) is 25.6 Å². The van der Waals surface area contributed by atoms with E-state index < -0.39 is 5.54 Å². The topological polar surface area (TPSA) is 42.4 Å². The Morgan fingerprint density at radius 2 is 2.03 bits per heavy atom. The number of carbonyl (C=O) groups excluding carboxylic acids is 1. The van der Waals surface area contributed by atoms with Gasteiger partial charge in [-0.3, -0.25) is 4.79 Å². The Morgan fingerprint density at radius 3 is 2.81 bits per heavy atom. The first-order chi connectivity index (χ1) is 15.4. The van der Waals surface area contributed by atoms with Crippen LogP contribution in [0.15, 0.2) is 46.8 Å². The highest BCUT2D eigenvalue weighted by molar-refractivity contribution is 8.01. The number of amides is 1. The highest BCUT2D eigenvalue weighted by Crippen LogP contribution is 2.53. The number of hydrogen-bond acceptors (Lipinski definition) is 8. The maximum Gasteiger partial charge on any atom is 0.238 e. The second-order valence-corrected chi connectivity index (χ2v) is 12.9. The summed E-state index contributed by atoms with van der Waals surface area (Å²) in [6.07, 6.45) is 0. The van der Waals surface area contributed by atoms with Crippen molar-refractivity contribution in [1.82, 2.24) is 4.98 Å². The lowest BCUT2D eigenvalue weighted by atomic mass is 9.87. The molecular weight excluding hydrogens is 497 g/mol. The molecule has 1 amide bonds. The zero-order valence-electron chi connectivity index (χ0n) is 17.7. The molecular formula is C23H20N2O2S5. The van der Waals surface area contributed by atoms with E-state index in [2.05, 4.69) is 24.9 Å². The fraction of sp³-hybridized carbons (Fsp3) is 0.261. The van der Waals surface area contributed by atoms with E-state index in [0.29, 0.717) is 12.4 Å². The summed E-state index contributed by atoms with van der Waals surface area (Å²) in [6, 6.07) is 14.0. The number of para-hydroxylation sites is 1. The predicted octanol–water partition coefficient (Wildman–Crippen LogP) is 7.59. The number of aromatic nitrogens is 1. The summed E-state index contributed by atoms with van der Waals surface area (Å²) in [7, 11) is 3.27. The normalized spacial score (nSPS) is 14.3. The maximum absolute atomic E-state index is 13.7. The number of benzene rings is 2. The lowest BCUT2D eigenvalue weighted by Gasteiger charge is -2.43. The van der Waals surface area contributed by atoms with Gasteiger partial charge in [0.2, 0.25) is 5.91 Å². The minimum absolute atomic E-state index is 0.0455. The Labute approximate surface area is 207 Å². The molecule has 0 aliphatic carbocycles. The molecule has 0 bridgehead atoms. The number of anilines is 1. The number of thioether (sulfide) groups is 1. The third-order valence-corrected chi connectivity index (χ3v) is 10.9. The summed E-state index contributed by atoms with van der Waals surface area (Å²) in [4.78, 5) is 21.4. The van der Waals surface area contributed by atoms with Crippen molar-refractivity contribution in [2.24, 2.45) is 0 Å². The number of thiazole rings is 1. The van der Waals surface area contributed by atoms with Gasteiger partial charge in [0.25, 0.3) is 0 Å². The van der Waals surface area contributed by atoms with Crippen molar-refractivity contribution in [1.29, 1.82) is 0 Å². The lowest BCUT2D eigenvalue weighted by Crippen LogP contribution is -2.48. The van der Waals surface area contributed by atoms with E-state index in [1.54, 1.807) is 32.0 Å². The number of hydrogen-bond donors (Lipinski definition) is 0. The number of fused-ring (bicyclic) bond motifs is 4. The van der Waals surface area contributed by atoms with Crippen LogP contribution in [0.2, 0.25) is 0 Å². The van der Waals surface area contributed by atoms with Crippen LogP contribution in [0.25, 0.3) is 21.3 Å². The first kappa shape index (κ1) is 22.0. The second kappa shape index (κ2) is 8.53. The molecule has 1 aliphatic heterocycles. The van der Waals surface area contributed by atoms with Crippen LogP contribution in [-0.4, -0.2) is 23.3 Å². The molecule has 0 N–H and O–H groups in total. The molecule has 4 aromatic rings. The van der Waals surface area contributed by atoms with Crippen LogP contribution in [0.3, 0.4) is 0 Å². The highest BCUT2D eigenvalue weighted by atomic mass is 32.9. The first-order valence-corrected chi connectivity index (χ1v) is 14.5. The Kier molecular flexibility index (Phi) is 5.88. The Hall–Kier alpha value is -1.78. The van der Waals surface area contributed by atoms with Crippen LogP contribution in [-0.2, 0) is 10.3 Å². The van der Waals surface area contributed by atoms with Crippen LogP contribution in [0.4, 0.5) is 5.69 Å². The molecule has 3 heterocycles. The summed E-state index contributed by atoms with van der Waals surface area (Å²) >= 11 is 8.79. The molecule has 4 nitrogen and oxygen atoms in total. The van der Waals surface area contributed by atoms with Crippen molar-refractivity contribution in [3.8, 4) is 16.9 Å². The molecule has 0 radical (unpaired) electrons. The summed E-state index contributed by atoms with van der Waals surface area (Å²) in [6.45, 7) is 6.73. The second-order valence-electron chi connectivity index (χ2n) is 7.79. The first-order valence-electron chi connectivity index (χ1n) is 10.1. The summed E-state index contributed by atoms with van der Waals surface area (Å²) in [5, 5.41) is 0. The quantitative estimate of drug-likeness (QED) is 0.155. The Morgan fingerprint density at radius 1 is 1.22 bits per heavy atom. The fourth-order valence-electron chi connectivity index (χ4n) is 4.01. The SMILES string of the molecule is CCOc1ccc2c(c1)N(C(=O)CSc1nc3ccccc3s1)C(C)(C)c1ssc(=S)c1-2. The summed E-state index contributed by atoms with van der Waals surface area (Å²) < 4.78 is 8.67. The van der Waals surface area contributed by atoms with E-state index in [1.165, 1.54) is 11.8 Å².